The molecule has 2 aliphatic heterocycles. The number of nitrogens with zero attached hydrogens (tertiary/aromatic N) is 2. The molecule has 1 amide bonds. The Morgan fingerprint density at radius 1 is 1.36 bits per heavy atom. The van der Waals surface area contributed by atoms with E-state index in [1.807, 2.05) is 47.1 Å². The third-order valence-electron chi connectivity index (χ3n) is 5.72. The molecule has 6 heteroatoms. The highest BCUT2D eigenvalue weighted by Crippen LogP contribution is 2.46. The highest BCUT2D eigenvalue weighted by atomic mass is 32.2. The van der Waals surface area contributed by atoms with Crippen LogP contribution in [0.3, 0.4) is 0 Å². The lowest BCUT2D eigenvalue weighted by Crippen LogP contribution is -2.46. The zero-order chi connectivity index (χ0) is 17.6. The average Bonchev–Trinajstić information content (AvgIpc) is 3.18. The normalized spacial score (nSPS) is 24.9. The minimum Gasteiger partial charge on any atom is -0.361 e. The number of aromatic amines is 1. The third-order valence-corrected chi connectivity index (χ3v) is 7.35. The van der Waals surface area contributed by atoms with E-state index in [0.29, 0.717) is 0 Å². The summed E-state index contributed by atoms with van der Waals surface area (Å²) in [4.78, 5) is 20.8. The lowest BCUT2D eigenvalue weighted by atomic mass is 9.95. The Morgan fingerprint density at radius 2 is 2.08 bits per heavy atom. The van der Waals surface area contributed by atoms with Gasteiger partial charge in [0.2, 0.25) is 5.91 Å². The predicted molar refractivity (Wildman–Crippen MR) is 103 cm³/mol. The molecule has 134 valence electrons. The molecule has 0 bridgehead atoms. The van der Waals surface area contributed by atoms with E-state index in [1.165, 1.54) is 0 Å². The number of hydrogen-bond donors (Lipinski definition) is 2. The van der Waals surface area contributed by atoms with Crippen molar-refractivity contribution in [3.8, 4) is 0 Å². The Balaban J connectivity index is 1.54. The van der Waals surface area contributed by atoms with Crippen molar-refractivity contribution in [3.63, 3.8) is 0 Å². The number of benzene rings is 1. The average molecular weight is 359 g/mol. The summed E-state index contributed by atoms with van der Waals surface area (Å²) in [5, 5.41) is 1.23. The smallest absolute Gasteiger partial charge is 0.245 e. The molecule has 0 aliphatic carbocycles. The van der Waals surface area contributed by atoms with Crippen LogP contribution < -0.4 is 5.73 Å². The third kappa shape index (κ3) is 2.96. The van der Waals surface area contributed by atoms with Gasteiger partial charge in [-0.3, -0.25) is 4.79 Å². The number of hydrogen-bond acceptors (Lipinski definition) is 4. The number of likely N-dealkylation sites (tertiary alicyclic amines) is 1. The van der Waals surface area contributed by atoms with Crippen LogP contribution in [0.2, 0.25) is 0 Å². The van der Waals surface area contributed by atoms with Crippen molar-refractivity contribution >= 4 is 28.6 Å². The van der Waals surface area contributed by atoms with E-state index < -0.39 is 6.04 Å². The molecular weight excluding hydrogens is 332 g/mol. The molecule has 2 saturated heterocycles. The first-order valence-corrected chi connectivity index (χ1v) is 9.85. The fraction of sp³-hybridized carbons (Fsp3) is 0.526. The van der Waals surface area contributed by atoms with Gasteiger partial charge in [-0.15, -0.1) is 11.8 Å². The number of aromatic nitrogens is 1. The molecule has 1 aromatic carbocycles. The number of carbonyl (C=O) groups excluding carboxylic acids is 1. The van der Waals surface area contributed by atoms with Gasteiger partial charge in [0.1, 0.15) is 6.04 Å². The molecule has 25 heavy (non-hydrogen) atoms. The number of rotatable bonds is 2. The topological polar surface area (TPSA) is 65.4 Å². The summed E-state index contributed by atoms with van der Waals surface area (Å²) >= 11 is 1.96. The Hall–Kier alpha value is -1.50. The molecule has 1 unspecified atom stereocenters. The lowest BCUT2D eigenvalue weighted by molar-refractivity contribution is -0.133. The van der Waals surface area contributed by atoms with Gasteiger partial charge in [-0.1, -0.05) is 18.2 Å². The van der Waals surface area contributed by atoms with E-state index in [-0.39, 0.29) is 16.0 Å². The first-order chi connectivity index (χ1) is 12.0. The van der Waals surface area contributed by atoms with Crippen molar-refractivity contribution in [2.45, 2.75) is 35.9 Å². The van der Waals surface area contributed by atoms with Crippen LogP contribution in [-0.2, 0) is 4.79 Å². The fourth-order valence-corrected chi connectivity index (χ4v) is 5.78. The Labute approximate surface area is 152 Å². The molecule has 2 aromatic rings. The predicted octanol–water partition coefficient (Wildman–Crippen LogP) is 2.55. The highest BCUT2D eigenvalue weighted by molar-refractivity contribution is 8.01. The van der Waals surface area contributed by atoms with Crippen molar-refractivity contribution < 1.29 is 4.79 Å². The molecule has 2 atom stereocenters. The SMILES string of the molecule is CC1SC2(CCN(C)CC2)CN1C(=O)[C@@H](N)c1c[nH]c2ccccc12. The van der Waals surface area contributed by atoms with E-state index >= 15 is 0 Å². The van der Waals surface area contributed by atoms with Gasteiger partial charge in [-0.05, 0) is 46.0 Å². The van der Waals surface area contributed by atoms with Gasteiger partial charge >= 0.3 is 0 Å². The Bertz CT molecular complexity index is 781. The number of piperidine rings is 1. The number of para-hydroxylation sites is 1. The van der Waals surface area contributed by atoms with E-state index in [1.54, 1.807) is 0 Å². The number of H-pyrrole nitrogens is 1. The first kappa shape index (κ1) is 16.9. The number of amides is 1. The van der Waals surface area contributed by atoms with Gasteiger partial charge in [0.25, 0.3) is 0 Å². The van der Waals surface area contributed by atoms with Crippen molar-refractivity contribution in [1.29, 1.82) is 0 Å². The summed E-state index contributed by atoms with van der Waals surface area (Å²) in [5.74, 6) is 0.0422. The van der Waals surface area contributed by atoms with Gasteiger partial charge in [0, 0.05) is 34.0 Å². The zero-order valence-electron chi connectivity index (χ0n) is 14.9. The molecule has 1 aromatic heterocycles. The second-order valence-electron chi connectivity index (χ2n) is 7.44. The number of carbonyl (C=O) groups is 1. The van der Waals surface area contributed by atoms with Crippen LogP contribution in [-0.4, -0.2) is 57.5 Å². The standard InChI is InChI=1S/C19H26N4OS/c1-13-23(12-19(25-13)7-9-22(2)10-8-19)18(24)17(20)15-11-21-16-6-4-3-5-14(15)16/h3-6,11,13,17,21H,7-10,12,20H2,1-2H3/t13?,17-/m0/s1. The van der Waals surface area contributed by atoms with E-state index in [0.717, 1.165) is 48.9 Å². The van der Waals surface area contributed by atoms with Crippen LogP contribution in [0.5, 0.6) is 0 Å². The molecule has 2 fully saturated rings. The second-order valence-corrected chi connectivity index (χ2v) is 9.22. The van der Waals surface area contributed by atoms with Crippen LogP contribution in [0.4, 0.5) is 0 Å². The summed E-state index contributed by atoms with van der Waals surface area (Å²) in [5.41, 5.74) is 8.32. The van der Waals surface area contributed by atoms with Crippen LogP contribution in [0, 0.1) is 0 Å². The molecule has 2 aliphatic rings. The number of nitrogens with one attached hydrogen (secondary N) is 1. The zero-order valence-corrected chi connectivity index (χ0v) is 15.7. The van der Waals surface area contributed by atoms with Crippen LogP contribution in [0.25, 0.3) is 10.9 Å². The Kier molecular flexibility index (Phi) is 4.30. The largest absolute Gasteiger partial charge is 0.361 e. The summed E-state index contributed by atoms with van der Waals surface area (Å²) in [6.45, 7) is 5.17. The maximum absolute atomic E-state index is 13.2. The van der Waals surface area contributed by atoms with Crippen molar-refractivity contribution in [3.05, 3.63) is 36.0 Å². The van der Waals surface area contributed by atoms with Crippen molar-refractivity contribution in [2.24, 2.45) is 5.73 Å². The van der Waals surface area contributed by atoms with E-state index in [4.69, 9.17) is 5.73 Å². The molecule has 4 rings (SSSR count). The van der Waals surface area contributed by atoms with Crippen LogP contribution in [0.1, 0.15) is 31.4 Å². The highest BCUT2D eigenvalue weighted by Gasteiger charge is 2.46. The number of nitrogens with two attached hydrogens (primary N) is 1. The van der Waals surface area contributed by atoms with E-state index in [9.17, 15) is 4.79 Å². The van der Waals surface area contributed by atoms with Crippen LogP contribution >= 0.6 is 11.8 Å². The molecule has 3 heterocycles. The van der Waals surface area contributed by atoms with Crippen molar-refractivity contribution in [1.82, 2.24) is 14.8 Å². The molecule has 5 nitrogen and oxygen atoms in total. The molecular formula is C19H26N4OS. The Morgan fingerprint density at radius 3 is 2.84 bits per heavy atom. The summed E-state index contributed by atoms with van der Waals surface area (Å²) in [6, 6.07) is 7.39. The second kappa shape index (κ2) is 6.34. The maximum Gasteiger partial charge on any atom is 0.245 e. The molecule has 0 radical (unpaired) electrons. The minimum atomic E-state index is -0.611. The van der Waals surface area contributed by atoms with Gasteiger partial charge in [0.05, 0.1) is 5.37 Å². The number of thioether (sulfide) groups is 1. The first-order valence-electron chi connectivity index (χ1n) is 8.98. The quantitative estimate of drug-likeness (QED) is 0.866. The summed E-state index contributed by atoms with van der Waals surface area (Å²) < 4.78 is 0.210. The minimum absolute atomic E-state index is 0.0422. The van der Waals surface area contributed by atoms with Crippen molar-refractivity contribution in [2.75, 3.05) is 26.7 Å². The van der Waals surface area contributed by atoms with Gasteiger partial charge in [-0.25, -0.2) is 0 Å². The summed E-state index contributed by atoms with van der Waals surface area (Å²) in [7, 11) is 2.17. The molecule has 3 N–H and O–H groups in total. The van der Waals surface area contributed by atoms with Gasteiger partial charge in [0.15, 0.2) is 0 Å². The molecule has 1 spiro atoms. The lowest BCUT2D eigenvalue weighted by Gasteiger charge is -2.36. The van der Waals surface area contributed by atoms with Crippen LogP contribution in [0.15, 0.2) is 30.5 Å². The van der Waals surface area contributed by atoms with E-state index in [2.05, 4.69) is 23.9 Å². The monoisotopic (exact) mass is 358 g/mol. The van der Waals surface area contributed by atoms with Gasteiger partial charge < -0.3 is 20.5 Å². The van der Waals surface area contributed by atoms with Gasteiger partial charge in [-0.2, -0.15) is 0 Å². The molecule has 0 saturated carbocycles. The maximum atomic E-state index is 13.2. The summed E-state index contributed by atoms with van der Waals surface area (Å²) in [6.07, 6.45) is 4.17. The number of fused-ring (bicyclic) bond motifs is 1. The fourth-order valence-electron chi connectivity index (χ4n) is 4.12.